The average Bonchev–Trinajstić information content (AvgIpc) is 2.97. The van der Waals surface area contributed by atoms with Crippen molar-refractivity contribution >= 4 is 34.0 Å². The molecule has 2 rings (SSSR count). The predicted octanol–water partition coefficient (Wildman–Crippen LogP) is 3.53. The van der Waals surface area contributed by atoms with Gasteiger partial charge in [-0.25, -0.2) is 0 Å². The number of amides is 1. The normalized spacial score (nSPS) is 10.9. The lowest BCUT2D eigenvalue weighted by Gasteiger charge is -2.16. The zero-order valence-corrected chi connectivity index (χ0v) is 14.2. The van der Waals surface area contributed by atoms with Gasteiger partial charge in [0.1, 0.15) is 0 Å². The van der Waals surface area contributed by atoms with Crippen molar-refractivity contribution in [3.8, 4) is 10.6 Å². The van der Waals surface area contributed by atoms with E-state index in [1.807, 2.05) is 18.2 Å². The number of hydrogen-bond acceptors (Lipinski definition) is 5. The molecule has 2 aromatic rings. The molecule has 22 heavy (non-hydrogen) atoms. The predicted molar refractivity (Wildman–Crippen MR) is 91.4 cm³/mol. The highest BCUT2D eigenvalue weighted by molar-refractivity contribution is 7.18. The summed E-state index contributed by atoms with van der Waals surface area (Å²) < 4.78 is 0. The average molecular weight is 339 g/mol. The van der Waals surface area contributed by atoms with Gasteiger partial charge < -0.3 is 10.2 Å². The van der Waals surface area contributed by atoms with Crippen LogP contribution in [-0.4, -0.2) is 40.6 Å². The molecule has 0 atom stereocenters. The Balaban J connectivity index is 1.95. The molecular weight excluding hydrogens is 320 g/mol. The van der Waals surface area contributed by atoms with Crippen LogP contribution < -0.4 is 5.32 Å². The summed E-state index contributed by atoms with van der Waals surface area (Å²) in [5, 5.41) is 12.7. The van der Waals surface area contributed by atoms with Gasteiger partial charge in [-0.15, -0.1) is 10.2 Å². The monoisotopic (exact) mass is 338 g/mol. The summed E-state index contributed by atoms with van der Waals surface area (Å²) in [6, 6.07) is 7.45. The fraction of sp³-hybridized carbons (Fsp3) is 0.400. The third-order valence-electron chi connectivity index (χ3n) is 3.33. The van der Waals surface area contributed by atoms with Gasteiger partial charge in [0.15, 0.2) is 5.01 Å². The van der Waals surface area contributed by atoms with Gasteiger partial charge in [0.2, 0.25) is 11.0 Å². The molecule has 0 saturated heterocycles. The van der Waals surface area contributed by atoms with Gasteiger partial charge in [0.25, 0.3) is 0 Å². The summed E-state index contributed by atoms with van der Waals surface area (Å²) in [5.41, 5.74) is 0.824. The highest BCUT2D eigenvalue weighted by Crippen LogP contribution is 2.31. The highest BCUT2D eigenvalue weighted by atomic mass is 35.5. The molecule has 7 heteroatoms. The van der Waals surface area contributed by atoms with E-state index in [1.165, 1.54) is 11.3 Å². The van der Waals surface area contributed by atoms with Crippen molar-refractivity contribution in [3.05, 3.63) is 29.3 Å². The van der Waals surface area contributed by atoms with Gasteiger partial charge in [0.05, 0.1) is 5.02 Å². The summed E-state index contributed by atoms with van der Waals surface area (Å²) in [4.78, 5) is 14.1. The molecule has 0 aliphatic heterocycles. The lowest BCUT2D eigenvalue weighted by Crippen LogP contribution is -2.27. The van der Waals surface area contributed by atoms with Crippen LogP contribution >= 0.6 is 22.9 Å². The number of carbonyl (C=O) groups is 1. The van der Waals surface area contributed by atoms with E-state index in [4.69, 9.17) is 11.6 Å². The van der Waals surface area contributed by atoms with Gasteiger partial charge in [0, 0.05) is 18.5 Å². The molecule has 0 radical (unpaired) electrons. The Morgan fingerprint density at radius 3 is 2.68 bits per heavy atom. The minimum Gasteiger partial charge on any atom is -0.303 e. The third-order valence-corrected chi connectivity index (χ3v) is 4.53. The first-order chi connectivity index (χ1) is 10.6. The first kappa shape index (κ1) is 16.9. The number of rotatable bonds is 7. The van der Waals surface area contributed by atoms with E-state index in [1.54, 1.807) is 6.07 Å². The van der Waals surface area contributed by atoms with Crippen LogP contribution in [0.1, 0.15) is 20.3 Å². The van der Waals surface area contributed by atoms with Gasteiger partial charge in [-0.05, 0) is 19.2 Å². The number of halogens is 1. The molecule has 0 spiro atoms. The van der Waals surface area contributed by atoms with Crippen LogP contribution in [-0.2, 0) is 4.79 Å². The molecule has 0 bridgehead atoms. The molecule has 5 nitrogen and oxygen atoms in total. The molecule has 1 N–H and O–H groups in total. The molecule has 1 amide bonds. The second-order valence-electron chi connectivity index (χ2n) is 4.72. The number of carbonyl (C=O) groups excluding carboxylic acids is 1. The van der Waals surface area contributed by atoms with Crippen molar-refractivity contribution in [2.24, 2.45) is 0 Å². The second-order valence-corrected chi connectivity index (χ2v) is 6.10. The summed E-state index contributed by atoms with van der Waals surface area (Å²) in [6.07, 6.45) is 0.447. The number of nitrogens with zero attached hydrogens (tertiary/aromatic N) is 3. The van der Waals surface area contributed by atoms with E-state index in [0.717, 1.165) is 25.2 Å². The Labute approximate surface area is 139 Å². The smallest absolute Gasteiger partial charge is 0.227 e. The van der Waals surface area contributed by atoms with E-state index in [-0.39, 0.29) is 5.91 Å². The molecule has 0 aliphatic rings. The van der Waals surface area contributed by atoms with E-state index < -0.39 is 0 Å². The Hall–Kier alpha value is -1.50. The Bertz CT molecular complexity index is 628. The second kappa shape index (κ2) is 8.22. The molecule has 1 aromatic carbocycles. The molecular formula is C15H19ClN4OS. The number of nitrogens with one attached hydrogen (secondary N) is 1. The zero-order chi connectivity index (χ0) is 15.9. The maximum Gasteiger partial charge on any atom is 0.227 e. The Morgan fingerprint density at radius 2 is 2.00 bits per heavy atom. The molecule has 0 aliphatic carbocycles. The number of benzene rings is 1. The van der Waals surface area contributed by atoms with Crippen LogP contribution in [0.25, 0.3) is 10.6 Å². The van der Waals surface area contributed by atoms with Crippen molar-refractivity contribution in [1.29, 1.82) is 0 Å². The van der Waals surface area contributed by atoms with Crippen LogP contribution in [0.15, 0.2) is 24.3 Å². The van der Waals surface area contributed by atoms with Crippen LogP contribution in [0.5, 0.6) is 0 Å². The summed E-state index contributed by atoms with van der Waals surface area (Å²) >= 11 is 7.46. The number of hydrogen-bond donors (Lipinski definition) is 1. The van der Waals surface area contributed by atoms with E-state index in [9.17, 15) is 4.79 Å². The third kappa shape index (κ3) is 4.50. The van der Waals surface area contributed by atoms with Gasteiger partial charge in [-0.1, -0.05) is 55.0 Å². The van der Waals surface area contributed by atoms with Crippen LogP contribution in [0, 0.1) is 0 Å². The fourth-order valence-corrected chi connectivity index (χ4v) is 3.08. The highest BCUT2D eigenvalue weighted by Gasteiger charge is 2.12. The molecule has 1 aromatic heterocycles. The van der Waals surface area contributed by atoms with Crippen LogP contribution in [0.2, 0.25) is 5.02 Å². The molecule has 0 fully saturated rings. The minimum atomic E-state index is -0.0474. The molecule has 1 heterocycles. The number of anilines is 1. The zero-order valence-electron chi connectivity index (χ0n) is 12.7. The van der Waals surface area contributed by atoms with Gasteiger partial charge in [-0.3, -0.25) is 4.79 Å². The van der Waals surface area contributed by atoms with Crippen molar-refractivity contribution in [3.63, 3.8) is 0 Å². The van der Waals surface area contributed by atoms with Crippen molar-refractivity contribution in [1.82, 2.24) is 15.1 Å². The quantitative estimate of drug-likeness (QED) is 0.839. The number of aromatic nitrogens is 2. The maximum absolute atomic E-state index is 11.9. The minimum absolute atomic E-state index is 0.0474. The van der Waals surface area contributed by atoms with Gasteiger partial charge in [-0.2, -0.15) is 0 Å². The van der Waals surface area contributed by atoms with Gasteiger partial charge >= 0.3 is 0 Å². The SMILES string of the molecule is CCN(CC)CCC(=O)Nc1nnc(-c2ccccc2Cl)s1. The topological polar surface area (TPSA) is 58.1 Å². The van der Waals surface area contributed by atoms with Crippen LogP contribution in [0.4, 0.5) is 5.13 Å². The summed E-state index contributed by atoms with van der Waals surface area (Å²) in [7, 11) is 0. The van der Waals surface area contributed by atoms with E-state index in [0.29, 0.717) is 21.6 Å². The lowest BCUT2D eigenvalue weighted by molar-refractivity contribution is -0.116. The first-order valence-corrected chi connectivity index (χ1v) is 8.44. The van der Waals surface area contributed by atoms with Crippen LogP contribution in [0.3, 0.4) is 0 Å². The molecule has 118 valence electrons. The van der Waals surface area contributed by atoms with E-state index >= 15 is 0 Å². The first-order valence-electron chi connectivity index (χ1n) is 7.24. The van der Waals surface area contributed by atoms with Crippen molar-refractivity contribution in [2.75, 3.05) is 25.0 Å². The maximum atomic E-state index is 11.9. The largest absolute Gasteiger partial charge is 0.303 e. The summed E-state index contributed by atoms with van der Waals surface area (Å²) in [5.74, 6) is -0.0474. The molecule has 0 unspecified atom stereocenters. The Kier molecular flexibility index (Phi) is 6.30. The van der Waals surface area contributed by atoms with E-state index in [2.05, 4.69) is 34.3 Å². The summed E-state index contributed by atoms with van der Waals surface area (Å²) in [6.45, 7) is 6.80. The molecule has 0 saturated carbocycles. The van der Waals surface area contributed by atoms with Crippen molar-refractivity contribution < 1.29 is 4.79 Å². The van der Waals surface area contributed by atoms with Crippen molar-refractivity contribution in [2.45, 2.75) is 20.3 Å². The lowest BCUT2D eigenvalue weighted by atomic mass is 10.2. The Morgan fingerprint density at radius 1 is 1.27 bits per heavy atom. The standard InChI is InChI=1S/C15H19ClN4OS/c1-3-20(4-2)10-9-13(21)17-15-19-18-14(22-15)11-7-5-6-8-12(11)16/h5-8H,3-4,9-10H2,1-2H3,(H,17,19,21). The fourth-order valence-electron chi connectivity index (χ4n) is 2.00.